The number of hydrogen-bond acceptors (Lipinski definition) is 2. The van der Waals surface area contributed by atoms with Crippen LogP contribution in [0, 0.1) is 6.92 Å². The third kappa shape index (κ3) is 2.87. The van der Waals surface area contributed by atoms with E-state index in [1.807, 2.05) is 25.1 Å². The molecular weight excluding hydrogens is 243 g/mol. The second-order valence-corrected chi connectivity index (χ2v) is 4.32. The van der Waals surface area contributed by atoms with E-state index in [9.17, 15) is 0 Å². The zero-order chi connectivity index (χ0) is 11.5. The maximum absolute atomic E-state index is 5.90. The third-order valence-electron chi connectivity index (χ3n) is 2.02. The number of rotatable bonds is 2. The van der Waals surface area contributed by atoms with Gasteiger partial charge in [0.1, 0.15) is 5.82 Å². The van der Waals surface area contributed by atoms with E-state index >= 15 is 0 Å². The average molecular weight is 253 g/mol. The molecule has 0 radical (unpaired) electrons. The Kier molecular flexibility index (Phi) is 3.32. The molecule has 1 heterocycles. The van der Waals surface area contributed by atoms with Crippen LogP contribution in [-0.2, 0) is 0 Å². The highest BCUT2D eigenvalue weighted by Crippen LogP contribution is 2.24. The molecule has 0 atom stereocenters. The van der Waals surface area contributed by atoms with Gasteiger partial charge in [-0.15, -0.1) is 0 Å². The molecule has 1 N–H and O–H groups in total. The van der Waals surface area contributed by atoms with Crippen LogP contribution in [0.5, 0.6) is 0 Å². The number of nitrogens with zero attached hydrogens (tertiary/aromatic N) is 1. The maximum Gasteiger partial charge on any atom is 0.130 e. The van der Waals surface area contributed by atoms with Crippen molar-refractivity contribution < 1.29 is 0 Å². The van der Waals surface area contributed by atoms with Crippen LogP contribution < -0.4 is 5.32 Å². The van der Waals surface area contributed by atoms with Crippen molar-refractivity contribution in [3.8, 4) is 0 Å². The van der Waals surface area contributed by atoms with Crippen molar-refractivity contribution >= 4 is 34.7 Å². The number of pyridine rings is 1. The van der Waals surface area contributed by atoms with Crippen LogP contribution in [0.3, 0.4) is 0 Å². The number of aryl methyl sites for hydroxylation is 1. The fourth-order valence-corrected chi connectivity index (χ4v) is 1.91. The van der Waals surface area contributed by atoms with Gasteiger partial charge >= 0.3 is 0 Å². The lowest BCUT2D eigenvalue weighted by Crippen LogP contribution is -1.94. The Labute approximate surface area is 104 Å². The molecule has 0 bridgehead atoms. The van der Waals surface area contributed by atoms with Crippen molar-refractivity contribution in [2.75, 3.05) is 5.32 Å². The van der Waals surface area contributed by atoms with Gasteiger partial charge in [-0.3, -0.25) is 0 Å². The van der Waals surface area contributed by atoms with Crippen LogP contribution in [0.4, 0.5) is 11.5 Å². The van der Waals surface area contributed by atoms with Crippen LogP contribution in [0.1, 0.15) is 5.69 Å². The van der Waals surface area contributed by atoms with E-state index in [0.29, 0.717) is 10.0 Å². The summed E-state index contributed by atoms with van der Waals surface area (Å²) in [5.74, 6) is 0.776. The smallest absolute Gasteiger partial charge is 0.130 e. The van der Waals surface area contributed by atoms with E-state index in [2.05, 4.69) is 10.3 Å². The molecule has 16 heavy (non-hydrogen) atoms. The first-order valence-electron chi connectivity index (χ1n) is 4.80. The summed E-state index contributed by atoms with van der Waals surface area (Å²) >= 11 is 11.8. The van der Waals surface area contributed by atoms with Crippen molar-refractivity contribution in [2.45, 2.75) is 6.92 Å². The average Bonchev–Trinajstić information content (AvgIpc) is 2.15. The second kappa shape index (κ2) is 4.73. The maximum atomic E-state index is 5.90. The summed E-state index contributed by atoms with van der Waals surface area (Å²) in [5, 5.41) is 4.35. The summed E-state index contributed by atoms with van der Waals surface area (Å²) in [5.41, 5.74) is 1.79. The van der Waals surface area contributed by atoms with Gasteiger partial charge < -0.3 is 5.32 Å². The van der Waals surface area contributed by atoms with E-state index in [-0.39, 0.29) is 0 Å². The molecule has 1 aromatic carbocycles. The molecule has 82 valence electrons. The van der Waals surface area contributed by atoms with Gasteiger partial charge in [0, 0.05) is 21.4 Å². The Morgan fingerprint density at radius 1 is 1.06 bits per heavy atom. The first kappa shape index (κ1) is 11.2. The molecule has 0 aliphatic carbocycles. The second-order valence-electron chi connectivity index (χ2n) is 3.45. The molecule has 0 amide bonds. The molecule has 0 spiro atoms. The predicted octanol–water partition coefficient (Wildman–Crippen LogP) is 4.44. The first-order chi connectivity index (χ1) is 7.63. The summed E-state index contributed by atoms with van der Waals surface area (Å²) in [6.07, 6.45) is 0. The minimum atomic E-state index is 0.600. The fourth-order valence-electron chi connectivity index (χ4n) is 1.39. The van der Waals surface area contributed by atoms with E-state index in [1.54, 1.807) is 18.2 Å². The normalized spacial score (nSPS) is 10.2. The number of anilines is 2. The lowest BCUT2D eigenvalue weighted by Gasteiger charge is -2.07. The van der Waals surface area contributed by atoms with Crippen molar-refractivity contribution in [3.63, 3.8) is 0 Å². The molecular formula is C12H10Cl2N2. The Bertz CT molecular complexity index is 492. The number of benzene rings is 1. The molecule has 0 saturated carbocycles. The van der Waals surface area contributed by atoms with Crippen LogP contribution in [-0.4, -0.2) is 4.98 Å². The van der Waals surface area contributed by atoms with Gasteiger partial charge in [-0.2, -0.15) is 0 Å². The Hall–Kier alpha value is -1.25. The highest BCUT2D eigenvalue weighted by Gasteiger charge is 1.99. The molecule has 4 heteroatoms. The number of aromatic nitrogens is 1. The number of hydrogen-bond donors (Lipinski definition) is 1. The summed E-state index contributed by atoms with van der Waals surface area (Å²) in [7, 11) is 0. The van der Waals surface area contributed by atoms with Crippen molar-refractivity contribution in [3.05, 3.63) is 52.1 Å². The van der Waals surface area contributed by atoms with E-state index < -0.39 is 0 Å². The largest absolute Gasteiger partial charge is 0.340 e. The molecule has 0 aliphatic rings. The summed E-state index contributed by atoms with van der Waals surface area (Å²) in [6.45, 7) is 1.94. The Morgan fingerprint density at radius 3 is 2.38 bits per heavy atom. The summed E-state index contributed by atoms with van der Waals surface area (Å²) in [4.78, 5) is 4.33. The van der Waals surface area contributed by atoms with Crippen molar-refractivity contribution in [1.29, 1.82) is 0 Å². The van der Waals surface area contributed by atoms with Gasteiger partial charge in [0.25, 0.3) is 0 Å². The highest BCUT2D eigenvalue weighted by molar-refractivity contribution is 6.35. The lowest BCUT2D eigenvalue weighted by molar-refractivity contribution is 1.20. The van der Waals surface area contributed by atoms with Crippen LogP contribution in [0.15, 0.2) is 36.4 Å². The zero-order valence-corrected chi connectivity index (χ0v) is 10.2. The van der Waals surface area contributed by atoms with Crippen LogP contribution >= 0.6 is 23.2 Å². The van der Waals surface area contributed by atoms with Crippen LogP contribution in [0.25, 0.3) is 0 Å². The van der Waals surface area contributed by atoms with Gasteiger partial charge in [-0.05, 0) is 37.3 Å². The fraction of sp³-hybridized carbons (Fsp3) is 0.0833. The highest BCUT2D eigenvalue weighted by atomic mass is 35.5. The topological polar surface area (TPSA) is 24.9 Å². The standard InChI is InChI=1S/C12H10Cl2N2/c1-8-3-2-4-12(15-8)16-11-6-9(13)5-10(14)7-11/h2-7H,1H3,(H,15,16). The zero-order valence-electron chi connectivity index (χ0n) is 8.67. The third-order valence-corrected chi connectivity index (χ3v) is 2.46. The molecule has 1 aromatic heterocycles. The molecule has 2 nitrogen and oxygen atoms in total. The van der Waals surface area contributed by atoms with Gasteiger partial charge in [0.2, 0.25) is 0 Å². The predicted molar refractivity (Wildman–Crippen MR) is 68.7 cm³/mol. The number of halogens is 2. The SMILES string of the molecule is Cc1cccc(Nc2cc(Cl)cc(Cl)c2)n1. The van der Waals surface area contributed by atoms with Crippen molar-refractivity contribution in [2.24, 2.45) is 0 Å². The molecule has 0 aliphatic heterocycles. The molecule has 0 fully saturated rings. The monoisotopic (exact) mass is 252 g/mol. The summed E-state index contributed by atoms with van der Waals surface area (Å²) in [6, 6.07) is 11.1. The van der Waals surface area contributed by atoms with Crippen molar-refractivity contribution in [1.82, 2.24) is 4.98 Å². The Morgan fingerprint density at radius 2 is 1.75 bits per heavy atom. The van der Waals surface area contributed by atoms with E-state index in [0.717, 1.165) is 17.2 Å². The quantitative estimate of drug-likeness (QED) is 0.855. The Balaban J connectivity index is 2.27. The lowest BCUT2D eigenvalue weighted by atomic mass is 10.3. The first-order valence-corrected chi connectivity index (χ1v) is 5.56. The molecule has 2 aromatic rings. The van der Waals surface area contributed by atoms with E-state index in [4.69, 9.17) is 23.2 Å². The molecule has 0 unspecified atom stereocenters. The molecule has 0 saturated heterocycles. The van der Waals surface area contributed by atoms with Gasteiger partial charge in [-0.25, -0.2) is 4.98 Å². The minimum absolute atomic E-state index is 0.600. The molecule has 2 rings (SSSR count). The van der Waals surface area contributed by atoms with Gasteiger partial charge in [-0.1, -0.05) is 29.3 Å². The van der Waals surface area contributed by atoms with Gasteiger partial charge in [0.05, 0.1) is 0 Å². The van der Waals surface area contributed by atoms with Gasteiger partial charge in [0.15, 0.2) is 0 Å². The minimum Gasteiger partial charge on any atom is -0.340 e. The summed E-state index contributed by atoms with van der Waals surface area (Å²) < 4.78 is 0. The number of nitrogens with one attached hydrogen (secondary N) is 1. The van der Waals surface area contributed by atoms with Crippen LogP contribution in [0.2, 0.25) is 10.0 Å². The van der Waals surface area contributed by atoms with E-state index in [1.165, 1.54) is 0 Å².